The first kappa shape index (κ1) is 20.4. The molecule has 23 heavy (non-hydrogen) atoms. The third-order valence-corrected chi connectivity index (χ3v) is 5.88. The fourth-order valence-electron chi connectivity index (χ4n) is 2.87. The second kappa shape index (κ2) is 8.99. The standard InChI is InChI=1S/C16H27N3O2S.ClH/c1-4-11-19(15-9-10-17-12-15)22(20,21)16-7-5-14(6-8-16)13-18(2)3;/h5-8,15,17H,4,9-13H2,1-3H3;1H. The van der Waals surface area contributed by atoms with Gasteiger partial charge in [-0.05, 0) is 51.2 Å². The van der Waals surface area contributed by atoms with E-state index < -0.39 is 10.0 Å². The Balaban J connectivity index is 0.00000264. The number of hydrogen-bond donors (Lipinski definition) is 1. The van der Waals surface area contributed by atoms with Gasteiger partial charge in [0.2, 0.25) is 10.0 Å². The maximum atomic E-state index is 12.9. The highest BCUT2D eigenvalue weighted by Crippen LogP contribution is 2.22. The topological polar surface area (TPSA) is 52.7 Å². The summed E-state index contributed by atoms with van der Waals surface area (Å²) in [6.45, 7) is 5.05. The van der Waals surface area contributed by atoms with Crippen LogP contribution in [0.15, 0.2) is 29.2 Å². The molecule has 5 nitrogen and oxygen atoms in total. The fourth-order valence-corrected chi connectivity index (χ4v) is 4.62. The number of nitrogens with zero attached hydrogens (tertiary/aromatic N) is 2. The van der Waals surface area contributed by atoms with Crippen LogP contribution < -0.4 is 5.32 Å². The van der Waals surface area contributed by atoms with Crippen LogP contribution in [0.3, 0.4) is 0 Å². The minimum atomic E-state index is -3.41. The van der Waals surface area contributed by atoms with Gasteiger partial charge in [0.1, 0.15) is 0 Å². The summed E-state index contributed by atoms with van der Waals surface area (Å²) in [6.07, 6.45) is 1.71. The van der Waals surface area contributed by atoms with Crippen molar-refractivity contribution in [2.45, 2.75) is 37.2 Å². The Hall–Kier alpha value is -0.660. The average molecular weight is 362 g/mol. The van der Waals surface area contributed by atoms with Crippen LogP contribution >= 0.6 is 12.4 Å². The molecule has 7 heteroatoms. The van der Waals surface area contributed by atoms with E-state index in [9.17, 15) is 8.42 Å². The Bertz CT molecular complexity index is 569. The van der Waals surface area contributed by atoms with E-state index in [0.717, 1.165) is 38.0 Å². The third-order valence-electron chi connectivity index (χ3n) is 3.91. The van der Waals surface area contributed by atoms with Crippen LogP contribution in [0.5, 0.6) is 0 Å². The van der Waals surface area contributed by atoms with Crippen LogP contribution in [-0.4, -0.2) is 57.4 Å². The minimum Gasteiger partial charge on any atom is -0.315 e. The van der Waals surface area contributed by atoms with Crippen LogP contribution in [-0.2, 0) is 16.6 Å². The van der Waals surface area contributed by atoms with Crippen molar-refractivity contribution in [3.8, 4) is 0 Å². The summed E-state index contributed by atoms with van der Waals surface area (Å²) in [6, 6.07) is 7.36. The summed E-state index contributed by atoms with van der Waals surface area (Å²) < 4.78 is 27.5. The summed E-state index contributed by atoms with van der Waals surface area (Å²) >= 11 is 0. The van der Waals surface area contributed by atoms with Crippen molar-refractivity contribution >= 4 is 22.4 Å². The second-order valence-electron chi connectivity index (χ2n) is 6.14. The largest absolute Gasteiger partial charge is 0.315 e. The average Bonchev–Trinajstić information content (AvgIpc) is 2.98. The van der Waals surface area contributed by atoms with Gasteiger partial charge in [0.15, 0.2) is 0 Å². The van der Waals surface area contributed by atoms with Crippen molar-refractivity contribution in [1.29, 1.82) is 0 Å². The van der Waals surface area contributed by atoms with Gasteiger partial charge in [0.25, 0.3) is 0 Å². The molecule has 1 N–H and O–H groups in total. The number of hydrogen-bond acceptors (Lipinski definition) is 4. The molecule has 0 aromatic heterocycles. The molecule has 132 valence electrons. The summed E-state index contributed by atoms with van der Waals surface area (Å²) in [5.41, 5.74) is 1.12. The molecule has 1 heterocycles. The molecule has 1 aromatic rings. The maximum absolute atomic E-state index is 12.9. The van der Waals surface area contributed by atoms with Gasteiger partial charge in [-0.2, -0.15) is 4.31 Å². The van der Waals surface area contributed by atoms with Gasteiger partial charge in [-0.1, -0.05) is 19.1 Å². The molecule has 1 atom stereocenters. The molecular weight excluding hydrogens is 334 g/mol. The number of rotatable bonds is 7. The number of nitrogens with one attached hydrogen (secondary N) is 1. The number of sulfonamides is 1. The molecule has 1 unspecified atom stereocenters. The third kappa shape index (κ3) is 5.16. The minimum absolute atomic E-state index is 0. The van der Waals surface area contributed by atoms with Crippen molar-refractivity contribution in [3.05, 3.63) is 29.8 Å². The molecule has 0 radical (unpaired) electrons. The molecule has 1 aromatic carbocycles. The van der Waals surface area contributed by atoms with E-state index in [2.05, 4.69) is 10.2 Å². The first-order valence-electron chi connectivity index (χ1n) is 7.91. The van der Waals surface area contributed by atoms with E-state index in [-0.39, 0.29) is 18.4 Å². The summed E-state index contributed by atoms with van der Waals surface area (Å²) in [5, 5.41) is 3.25. The molecule has 0 spiro atoms. The molecule has 0 saturated carbocycles. The van der Waals surface area contributed by atoms with Gasteiger partial charge in [-0.25, -0.2) is 8.42 Å². The maximum Gasteiger partial charge on any atom is 0.243 e. The van der Waals surface area contributed by atoms with Crippen molar-refractivity contribution < 1.29 is 8.42 Å². The Morgan fingerprint density at radius 2 is 1.87 bits per heavy atom. The molecule has 1 saturated heterocycles. The van der Waals surface area contributed by atoms with Crippen LogP contribution in [0.1, 0.15) is 25.3 Å². The van der Waals surface area contributed by atoms with Gasteiger partial charge < -0.3 is 10.2 Å². The molecule has 2 rings (SSSR count). The van der Waals surface area contributed by atoms with Crippen LogP contribution in [0.25, 0.3) is 0 Å². The lowest BCUT2D eigenvalue weighted by molar-refractivity contribution is 0.335. The van der Waals surface area contributed by atoms with E-state index in [0.29, 0.717) is 11.4 Å². The summed E-state index contributed by atoms with van der Waals surface area (Å²) in [5.74, 6) is 0. The van der Waals surface area contributed by atoms with E-state index in [1.807, 2.05) is 33.2 Å². The highest BCUT2D eigenvalue weighted by Gasteiger charge is 2.32. The van der Waals surface area contributed by atoms with Gasteiger partial charge in [0, 0.05) is 25.7 Å². The highest BCUT2D eigenvalue weighted by atomic mass is 35.5. The lowest BCUT2D eigenvalue weighted by Gasteiger charge is -2.27. The smallest absolute Gasteiger partial charge is 0.243 e. The van der Waals surface area contributed by atoms with E-state index in [1.165, 1.54) is 0 Å². The van der Waals surface area contributed by atoms with Crippen LogP contribution in [0.4, 0.5) is 0 Å². The molecule has 0 aliphatic carbocycles. The van der Waals surface area contributed by atoms with Crippen molar-refractivity contribution in [3.63, 3.8) is 0 Å². The first-order valence-corrected chi connectivity index (χ1v) is 9.35. The van der Waals surface area contributed by atoms with Crippen LogP contribution in [0, 0.1) is 0 Å². The summed E-state index contributed by atoms with van der Waals surface area (Å²) in [4.78, 5) is 2.47. The second-order valence-corrected chi connectivity index (χ2v) is 8.03. The quantitative estimate of drug-likeness (QED) is 0.806. The Morgan fingerprint density at radius 3 is 2.35 bits per heavy atom. The highest BCUT2D eigenvalue weighted by molar-refractivity contribution is 7.89. The van der Waals surface area contributed by atoms with Crippen molar-refractivity contribution in [2.75, 3.05) is 33.7 Å². The lowest BCUT2D eigenvalue weighted by Crippen LogP contribution is -2.41. The molecule has 0 bridgehead atoms. The molecule has 1 aliphatic rings. The van der Waals surface area contributed by atoms with E-state index in [4.69, 9.17) is 0 Å². The Kier molecular flexibility index (Phi) is 7.97. The normalized spacial score (nSPS) is 18.4. The van der Waals surface area contributed by atoms with Gasteiger partial charge in [-0.3, -0.25) is 0 Å². The molecule has 1 fully saturated rings. The van der Waals surface area contributed by atoms with Crippen molar-refractivity contribution in [2.24, 2.45) is 0 Å². The molecule has 0 amide bonds. The van der Waals surface area contributed by atoms with Crippen molar-refractivity contribution in [1.82, 2.24) is 14.5 Å². The van der Waals surface area contributed by atoms with Crippen LogP contribution in [0.2, 0.25) is 0 Å². The zero-order valence-corrected chi connectivity index (χ0v) is 15.8. The van der Waals surface area contributed by atoms with Gasteiger partial charge in [-0.15, -0.1) is 12.4 Å². The van der Waals surface area contributed by atoms with Gasteiger partial charge in [0.05, 0.1) is 4.90 Å². The zero-order valence-electron chi connectivity index (χ0n) is 14.2. The Labute approximate surface area is 146 Å². The number of halogens is 1. The summed E-state index contributed by atoms with van der Waals surface area (Å²) in [7, 11) is 0.589. The molecule has 1 aliphatic heterocycles. The lowest BCUT2D eigenvalue weighted by atomic mass is 10.2. The van der Waals surface area contributed by atoms with E-state index in [1.54, 1.807) is 16.4 Å². The fraction of sp³-hybridized carbons (Fsp3) is 0.625. The zero-order chi connectivity index (χ0) is 16.2. The number of benzene rings is 1. The van der Waals surface area contributed by atoms with Gasteiger partial charge >= 0.3 is 0 Å². The monoisotopic (exact) mass is 361 g/mol. The molecular formula is C16H28ClN3O2S. The SMILES string of the molecule is CCCN(C1CCNC1)S(=O)(=O)c1ccc(CN(C)C)cc1.Cl. The van der Waals surface area contributed by atoms with E-state index >= 15 is 0 Å². The Morgan fingerprint density at radius 1 is 1.22 bits per heavy atom. The first-order chi connectivity index (χ1) is 10.4. The predicted octanol–water partition coefficient (Wildman–Crippen LogP) is 1.93. The predicted molar refractivity (Wildman–Crippen MR) is 96.5 cm³/mol.